The van der Waals surface area contributed by atoms with Gasteiger partial charge in [0.15, 0.2) is 23.1 Å². The maximum absolute atomic E-state index is 11.6. The lowest BCUT2D eigenvalue weighted by molar-refractivity contribution is -0.00772. The Balaban J connectivity index is 1.91. The van der Waals surface area contributed by atoms with E-state index >= 15 is 0 Å². The minimum Gasteiger partial charge on any atom is -0.493 e. The summed E-state index contributed by atoms with van der Waals surface area (Å²) in [5.41, 5.74) is 2.20. The van der Waals surface area contributed by atoms with E-state index in [1.807, 2.05) is 28.8 Å². The molecule has 0 fully saturated rings. The number of rotatable bonds is 9. The molecule has 0 saturated heterocycles. The van der Waals surface area contributed by atoms with E-state index < -0.39 is 22.3 Å². The maximum atomic E-state index is 11.6. The van der Waals surface area contributed by atoms with Crippen LogP contribution in [0.3, 0.4) is 0 Å². The van der Waals surface area contributed by atoms with Gasteiger partial charge in [-0.05, 0) is 24.3 Å². The highest BCUT2D eigenvalue weighted by Crippen LogP contribution is 2.46. The van der Waals surface area contributed by atoms with Crippen LogP contribution in [0, 0.1) is 0 Å². The van der Waals surface area contributed by atoms with E-state index in [2.05, 4.69) is 10.2 Å². The first kappa shape index (κ1) is 25.4. The van der Waals surface area contributed by atoms with Crippen LogP contribution in [0.4, 0.5) is 0 Å². The topological polar surface area (TPSA) is 111 Å². The zero-order chi connectivity index (χ0) is 25.2. The molecule has 0 amide bonds. The molecule has 12 heteroatoms. The van der Waals surface area contributed by atoms with Crippen LogP contribution >= 0.6 is 11.6 Å². The molecule has 0 bridgehead atoms. The molecule has 0 aliphatic carbocycles. The van der Waals surface area contributed by atoms with Crippen molar-refractivity contribution in [2.24, 2.45) is 0 Å². The number of halogens is 1. The number of hydrogen-bond donors (Lipinski definition) is 0. The largest absolute Gasteiger partial charge is 0.493 e. The Kier molecular flexibility index (Phi) is 7.62. The third-order valence-corrected chi connectivity index (χ3v) is 6.35. The van der Waals surface area contributed by atoms with E-state index in [0.29, 0.717) is 33.7 Å². The fourth-order valence-electron chi connectivity index (χ4n) is 4.12. The second kappa shape index (κ2) is 10.5. The highest BCUT2D eigenvalue weighted by Gasteiger charge is 2.35. The number of nitrogens with zero attached hydrogens (tertiary/aromatic N) is 3. The summed E-state index contributed by atoms with van der Waals surface area (Å²) in [6, 6.07) is 11.0. The van der Waals surface area contributed by atoms with Gasteiger partial charge >= 0.3 is 0 Å². The SMILES string of the molecule is COCc1nnc2n1-c1ccc(Cl)cc1[C@@H](c1cccc(OC)c1OC)OC2CCOS(C)(=O)=O. The van der Waals surface area contributed by atoms with E-state index in [-0.39, 0.29) is 19.6 Å². The van der Waals surface area contributed by atoms with Crippen molar-refractivity contribution in [3.63, 3.8) is 0 Å². The summed E-state index contributed by atoms with van der Waals surface area (Å²) in [5.74, 6) is 2.09. The number of para-hydroxylation sites is 1. The Hall–Kier alpha value is -2.70. The van der Waals surface area contributed by atoms with E-state index in [9.17, 15) is 8.42 Å². The second-order valence-corrected chi connectivity index (χ2v) is 9.93. The molecule has 1 unspecified atom stereocenters. The van der Waals surface area contributed by atoms with Gasteiger partial charge in [-0.3, -0.25) is 8.75 Å². The number of methoxy groups -OCH3 is 3. The number of aromatic nitrogens is 3. The molecule has 2 aromatic carbocycles. The van der Waals surface area contributed by atoms with Crippen molar-refractivity contribution in [1.82, 2.24) is 14.8 Å². The second-order valence-electron chi connectivity index (χ2n) is 7.85. The molecule has 0 N–H and O–H groups in total. The van der Waals surface area contributed by atoms with Crippen LogP contribution in [0.1, 0.15) is 41.4 Å². The number of hydrogen-bond acceptors (Lipinski definition) is 9. The molecule has 2 atom stereocenters. The molecular weight excluding hydrogens is 498 g/mol. The molecule has 35 heavy (non-hydrogen) atoms. The van der Waals surface area contributed by atoms with Gasteiger partial charge in [-0.1, -0.05) is 23.7 Å². The van der Waals surface area contributed by atoms with Gasteiger partial charge < -0.3 is 18.9 Å². The van der Waals surface area contributed by atoms with Crippen molar-refractivity contribution >= 4 is 21.7 Å². The first-order valence-corrected chi connectivity index (χ1v) is 12.9. The molecule has 2 heterocycles. The van der Waals surface area contributed by atoms with Crippen LogP contribution in [0.2, 0.25) is 5.02 Å². The molecule has 0 radical (unpaired) electrons. The lowest BCUT2D eigenvalue weighted by atomic mass is 9.98. The smallest absolute Gasteiger partial charge is 0.264 e. The fraction of sp³-hybridized carbons (Fsp3) is 0.391. The predicted molar refractivity (Wildman–Crippen MR) is 128 cm³/mol. The van der Waals surface area contributed by atoms with Crippen molar-refractivity contribution in [3.05, 3.63) is 64.2 Å². The van der Waals surface area contributed by atoms with Crippen molar-refractivity contribution in [2.75, 3.05) is 34.2 Å². The Labute approximate surface area is 208 Å². The van der Waals surface area contributed by atoms with Gasteiger partial charge in [0, 0.05) is 29.7 Å². The highest BCUT2D eigenvalue weighted by atomic mass is 35.5. The summed E-state index contributed by atoms with van der Waals surface area (Å²) in [7, 11) is 1.05. The summed E-state index contributed by atoms with van der Waals surface area (Å²) in [6.07, 6.45) is -0.138. The number of benzene rings is 2. The van der Waals surface area contributed by atoms with E-state index in [4.69, 9.17) is 34.7 Å². The van der Waals surface area contributed by atoms with Crippen LogP contribution in [-0.4, -0.2) is 57.4 Å². The van der Waals surface area contributed by atoms with E-state index in [1.54, 1.807) is 33.5 Å². The van der Waals surface area contributed by atoms with Gasteiger partial charge in [0.25, 0.3) is 10.1 Å². The predicted octanol–water partition coefficient (Wildman–Crippen LogP) is 3.61. The molecule has 0 spiro atoms. The van der Waals surface area contributed by atoms with Crippen LogP contribution < -0.4 is 9.47 Å². The molecule has 10 nitrogen and oxygen atoms in total. The van der Waals surface area contributed by atoms with Crippen LogP contribution in [-0.2, 0) is 30.4 Å². The molecular formula is C23H26ClN3O7S. The van der Waals surface area contributed by atoms with Crippen molar-refractivity contribution < 1.29 is 31.5 Å². The lowest BCUT2D eigenvalue weighted by Gasteiger charge is -2.25. The monoisotopic (exact) mass is 523 g/mol. The van der Waals surface area contributed by atoms with Crippen LogP contribution in [0.5, 0.6) is 11.5 Å². The summed E-state index contributed by atoms with van der Waals surface area (Å²) in [6.45, 7) is 0.101. The van der Waals surface area contributed by atoms with Gasteiger partial charge in [-0.15, -0.1) is 10.2 Å². The molecule has 0 saturated carbocycles. The average Bonchev–Trinajstić information content (AvgIpc) is 3.17. The van der Waals surface area contributed by atoms with Gasteiger partial charge in [-0.2, -0.15) is 8.42 Å². The van der Waals surface area contributed by atoms with E-state index in [0.717, 1.165) is 17.5 Å². The average molecular weight is 524 g/mol. The Bertz CT molecular complexity index is 1310. The zero-order valence-corrected chi connectivity index (χ0v) is 21.3. The first-order valence-electron chi connectivity index (χ1n) is 10.7. The van der Waals surface area contributed by atoms with Crippen molar-refractivity contribution in [1.29, 1.82) is 0 Å². The Morgan fingerprint density at radius 3 is 2.57 bits per heavy atom. The summed E-state index contributed by atoms with van der Waals surface area (Å²) in [5, 5.41) is 9.17. The first-order chi connectivity index (χ1) is 16.8. The minimum atomic E-state index is -3.63. The molecule has 1 aliphatic rings. The molecule has 1 aromatic heterocycles. The van der Waals surface area contributed by atoms with Crippen LogP contribution in [0.25, 0.3) is 5.69 Å². The van der Waals surface area contributed by atoms with Crippen molar-refractivity contribution in [2.45, 2.75) is 25.2 Å². The summed E-state index contributed by atoms with van der Waals surface area (Å²) >= 11 is 6.42. The molecule has 4 rings (SSSR count). The minimum absolute atomic E-state index is 0.102. The number of fused-ring (bicyclic) bond motifs is 3. The Morgan fingerprint density at radius 1 is 1.09 bits per heavy atom. The fourth-order valence-corrected chi connectivity index (χ4v) is 4.70. The lowest BCUT2D eigenvalue weighted by Crippen LogP contribution is -2.15. The normalized spacial score (nSPS) is 17.4. The van der Waals surface area contributed by atoms with Crippen molar-refractivity contribution in [3.8, 4) is 17.2 Å². The zero-order valence-electron chi connectivity index (χ0n) is 19.7. The van der Waals surface area contributed by atoms with E-state index in [1.165, 1.54) is 0 Å². The maximum Gasteiger partial charge on any atom is 0.264 e. The number of ether oxygens (including phenoxy) is 4. The van der Waals surface area contributed by atoms with Gasteiger partial charge in [0.2, 0.25) is 0 Å². The summed E-state index contributed by atoms with van der Waals surface area (Å²) < 4.78 is 53.2. The molecule has 188 valence electrons. The Morgan fingerprint density at radius 2 is 1.89 bits per heavy atom. The quantitative estimate of drug-likeness (QED) is 0.388. The van der Waals surface area contributed by atoms with Gasteiger partial charge in [0.1, 0.15) is 18.8 Å². The van der Waals surface area contributed by atoms with Gasteiger partial charge in [-0.25, -0.2) is 0 Å². The summed E-state index contributed by atoms with van der Waals surface area (Å²) in [4.78, 5) is 0. The molecule has 3 aromatic rings. The van der Waals surface area contributed by atoms with Gasteiger partial charge in [0.05, 0.1) is 32.8 Å². The third-order valence-electron chi connectivity index (χ3n) is 5.52. The highest BCUT2D eigenvalue weighted by molar-refractivity contribution is 7.85. The third kappa shape index (κ3) is 5.29. The van der Waals surface area contributed by atoms with Crippen LogP contribution in [0.15, 0.2) is 36.4 Å². The standard InChI is InChI=1S/C23H26ClN3O7S/c1-30-13-20-25-26-23-19(10-11-33-35(4,28)29)34-21(15-6-5-7-18(31-2)22(15)32-3)16-12-14(24)8-9-17(16)27(20)23/h5-9,12,19,21H,10-11,13H2,1-4H3/t19?,21-/m1/s1. The molecule has 1 aliphatic heterocycles.